The zero-order chi connectivity index (χ0) is 15.7. The predicted octanol–water partition coefficient (Wildman–Crippen LogP) is 1.98. The van der Waals surface area contributed by atoms with E-state index in [1.165, 1.54) is 12.1 Å². The molecule has 1 aliphatic rings. The molecule has 0 atom stereocenters. The minimum absolute atomic E-state index is 0.0680. The average Bonchev–Trinajstić information content (AvgIpc) is 2.50. The van der Waals surface area contributed by atoms with Crippen molar-refractivity contribution >= 4 is 23.5 Å². The highest BCUT2D eigenvalue weighted by molar-refractivity contribution is 6.31. The molecule has 1 aromatic heterocycles. The number of nitrogens with two attached hydrogens (primary N) is 1. The maximum absolute atomic E-state index is 13.8. The van der Waals surface area contributed by atoms with Crippen LogP contribution in [-0.2, 0) is 24.2 Å². The maximum atomic E-state index is 13.8. The van der Waals surface area contributed by atoms with Gasteiger partial charge in [0, 0.05) is 23.3 Å². The second-order valence-corrected chi connectivity index (χ2v) is 5.55. The van der Waals surface area contributed by atoms with Gasteiger partial charge in [0.05, 0.1) is 18.7 Å². The molecule has 22 heavy (non-hydrogen) atoms. The first kappa shape index (κ1) is 14.7. The van der Waals surface area contributed by atoms with Gasteiger partial charge in [-0.25, -0.2) is 14.4 Å². The van der Waals surface area contributed by atoms with Crippen LogP contribution >= 0.6 is 11.6 Å². The van der Waals surface area contributed by atoms with Crippen LogP contribution in [0.1, 0.15) is 16.8 Å². The van der Waals surface area contributed by atoms with Crippen LogP contribution in [0.4, 0.5) is 10.3 Å². The first-order valence-corrected chi connectivity index (χ1v) is 7.23. The Labute approximate surface area is 131 Å². The summed E-state index contributed by atoms with van der Waals surface area (Å²) in [6, 6.07) is 4.39. The van der Waals surface area contributed by atoms with Gasteiger partial charge in [-0.2, -0.15) is 0 Å². The molecule has 0 saturated heterocycles. The number of aromatic nitrogens is 2. The Morgan fingerprint density at radius 3 is 3.05 bits per heavy atom. The zero-order valence-corrected chi connectivity index (χ0v) is 12.5. The van der Waals surface area contributed by atoms with Gasteiger partial charge in [0.1, 0.15) is 5.82 Å². The maximum Gasteiger partial charge on any atom is 0.227 e. The Morgan fingerprint density at radius 2 is 2.27 bits per heavy atom. The number of benzene rings is 1. The Balaban J connectivity index is 1.77. The number of nitrogen functional groups attached to an aromatic ring is 1. The van der Waals surface area contributed by atoms with Crippen molar-refractivity contribution in [3.8, 4) is 0 Å². The lowest BCUT2D eigenvalue weighted by atomic mass is 10.1. The minimum atomic E-state index is -0.468. The number of fused-ring (bicyclic) bond motifs is 1. The van der Waals surface area contributed by atoms with E-state index in [4.69, 9.17) is 17.3 Å². The molecule has 0 unspecified atom stereocenters. The van der Waals surface area contributed by atoms with Gasteiger partial charge in [0.2, 0.25) is 11.9 Å². The number of carbonyl (C=O) groups excluding carboxylic acids is 1. The molecule has 1 amide bonds. The summed E-state index contributed by atoms with van der Waals surface area (Å²) in [5.41, 5.74) is 7.53. The number of hydrogen-bond acceptors (Lipinski definition) is 4. The number of halogens is 2. The number of amides is 1. The number of rotatable bonds is 2. The molecule has 0 aliphatic carbocycles. The van der Waals surface area contributed by atoms with E-state index in [0.717, 1.165) is 11.3 Å². The van der Waals surface area contributed by atoms with E-state index in [2.05, 4.69) is 9.97 Å². The van der Waals surface area contributed by atoms with E-state index in [0.29, 0.717) is 19.5 Å². The first-order chi connectivity index (χ1) is 10.5. The molecule has 114 valence electrons. The molecule has 2 aromatic rings. The van der Waals surface area contributed by atoms with Crippen molar-refractivity contribution in [3.63, 3.8) is 0 Å². The third kappa shape index (κ3) is 2.87. The highest BCUT2D eigenvalue weighted by Gasteiger charge is 2.23. The smallest absolute Gasteiger partial charge is 0.227 e. The number of anilines is 1. The van der Waals surface area contributed by atoms with Crippen LogP contribution in [-0.4, -0.2) is 27.3 Å². The fourth-order valence-electron chi connectivity index (χ4n) is 2.50. The fourth-order valence-corrected chi connectivity index (χ4v) is 2.73. The largest absolute Gasteiger partial charge is 0.368 e. The van der Waals surface area contributed by atoms with Crippen LogP contribution < -0.4 is 5.73 Å². The molecule has 2 N–H and O–H groups in total. The van der Waals surface area contributed by atoms with Crippen molar-refractivity contribution in [1.29, 1.82) is 0 Å². The van der Waals surface area contributed by atoms with E-state index in [1.807, 2.05) is 0 Å². The summed E-state index contributed by atoms with van der Waals surface area (Å²) in [5, 5.41) is 0.261. The summed E-state index contributed by atoms with van der Waals surface area (Å²) >= 11 is 5.97. The van der Waals surface area contributed by atoms with Crippen molar-refractivity contribution in [2.45, 2.75) is 19.4 Å². The number of hydrogen-bond donors (Lipinski definition) is 1. The van der Waals surface area contributed by atoms with Gasteiger partial charge in [0.15, 0.2) is 0 Å². The van der Waals surface area contributed by atoms with Crippen LogP contribution in [0.15, 0.2) is 24.4 Å². The van der Waals surface area contributed by atoms with E-state index in [9.17, 15) is 9.18 Å². The Bertz CT molecular complexity index is 717. The van der Waals surface area contributed by atoms with Gasteiger partial charge in [-0.3, -0.25) is 4.79 Å². The van der Waals surface area contributed by atoms with E-state index < -0.39 is 5.82 Å². The van der Waals surface area contributed by atoms with Crippen LogP contribution in [0.3, 0.4) is 0 Å². The minimum Gasteiger partial charge on any atom is -0.368 e. The van der Waals surface area contributed by atoms with Gasteiger partial charge >= 0.3 is 0 Å². The van der Waals surface area contributed by atoms with Crippen LogP contribution in [0.25, 0.3) is 0 Å². The SMILES string of the molecule is Nc1ncc2c(n1)CN(C(=O)Cc1c(F)cccc1Cl)CC2. The van der Waals surface area contributed by atoms with E-state index >= 15 is 0 Å². The van der Waals surface area contributed by atoms with Crippen LogP contribution in [0.2, 0.25) is 5.02 Å². The molecule has 0 saturated carbocycles. The molecule has 0 spiro atoms. The van der Waals surface area contributed by atoms with Gasteiger partial charge < -0.3 is 10.6 Å². The third-order valence-corrected chi connectivity index (χ3v) is 4.06. The summed E-state index contributed by atoms with van der Waals surface area (Å²) in [6.45, 7) is 0.901. The van der Waals surface area contributed by atoms with Gasteiger partial charge in [-0.15, -0.1) is 0 Å². The fraction of sp³-hybridized carbons (Fsp3) is 0.267. The normalized spacial score (nSPS) is 13.8. The lowest BCUT2D eigenvalue weighted by Crippen LogP contribution is -2.37. The number of nitrogens with zero attached hydrogens (tertiary/aromatic N) is 3. The Kier molecular flexibility index (Phi) is 3.94. The van der Waals surface area contributed by atoms with Crippen molar-refractivity contribution in [2.24, 2.45) is 0 Å². The first-order valence-electron chi connectivity index (χ1n) is 6.85. The quantitative estimate of drug-likeness (QED) is 0.918. The summed E-state index contributed by atoms with van der Waals surface area (Å²) < 4.78 is 13.8. The van der Waals surface area contributed by atoms with Gasteiger partial charge in [-0.05, 0) is 24.1 Å². The molecule has 0 bridgehead atoms. The molecule has 7 heteroatoms. The summed E-state index contributed by atoms with van der Waals surface area (Å²) in [5.74, 6) is -0.468. The van der Waals surface area contributed by atoms with Crippen molar-refractivity contribution in [2.75, 3.05) is 12.3 Å². The molecule has 3 rings (SSSR count). The third-order valence-electron chi connectivity index (χ3n) is 3.71. The predicted molar refractivity (Wildman–Crippen MR) is 80.7 cm³/mol. The molecule has 2 heterocycles. The van der Waals surface area contributed by atoms with Gasteiger partial charge in [-0.1, -0.05) is 17.7 Å². The van der Waals surface area contributed by atoms with Crippen molar-refractivity contribution in [3.05, 3.63) is 52.1 Å². The molecule has 1 aliphatic heterocycles. The second kappa shape index (κ2) is 5.88. The lowest BCUT2D eigenvalue weighted by Gasteiger charge is -2.28. The van der Waals surface area contributed by atoms with Crippen molar-refractivity contribution < 1.29 is 9.18 Å². The van der Waals surface area contributed by atoms with E-state index in [-0.39, 0.29) is 28.9 Å². The molecular formula is C15H14ClFN4O. The topological polar surface area (TPSA) is 72.1 Å². The molecule has 1 aromatic carbocycles. The number of carbonyl (C=O) groups is 1. The summed E-state index contributed by atoms with van der Waals surface area (Å²) in [7, 11) is 0. The lowest BCUT2D eigenvalue weighted by molar-refractivity contribution is -0.131. The summed E-state index contributed by atoms with van der Waals surface area (Å²) in [6.07, 6.45) is 2.28. The standard InChI is InChI=1S/C15H14ClFN4O/c16-11-2-1-3-12(17)10(11)6-14(22)21-5-4-9-7-19-15(18)20-13(9)8-21/h1-3,7H,4-6,8H2,(H2,18,19,20). The van der Waals surface area contributed by atoms with Crippen molar-refractivity contribution in [1.82, 2.24) is 14.9 Å². The van der Waals surface area contributed by atoms with E-state index in [1.54, 1.807) is 17.2 Å². The highest BCUT2D eigenvalue weighted by Crippen LogP contribution is 2.22. The molecular weight excluding hydrogens is 307 g/mol. The summed E-state index contributed by atoms with van der Waals surface area (Å²) in [4.78, 5) is 22.1. The molecule has 5 nitrogen and oxygen atoms in total. The Hall–Kier alpha value is -2.21. The average molecular weight is 321 g/mol. The van der Waals surface area contributed by atoms with Crippen LogP contribution in [0.5, 0.6) is 0 Å². The molecule has 0 fully saturated rings. The molecule has 0 radical (unpaired) electrons. The second-order valence-electron chi connectivity index (χ2n) is 5.14. The monoisotopic (exact) mass is 320 g/mol. The van der Waals surface area contributed by atoms with Crippen LogP contribution in [0, 0.1) is 5.82 Å². The Morgan fingerprint density at radius 1 is 1.45 bits per heavy atom. The highest BCUT2D eigenvalue weighted by atomic mass is 35.5. The van der Waals surface area contributed by atoms with Gasteiger partial charge in [0.25, 0.3) is 0 Å². The zero-order valence-electron chi connectivity index (χ0n) is 11.7.